The summed E-state index contributed by atoms with van der Waals surface area (Å²) in [5.41, 5.74) is 6.32. The van der Waals surface area contributed by atoms with E-state index in [1.807, 2.05) is 0 Å². The molecule has 0 saturated carbocycles. The average molecular weight is 327 g/mol. The molecular formula is C14H13BrF2N2. The molecule has 0 amide bonds. The van der Waals surface area contributed by atoms with Gasteiger partial charge in [-0.2, -0.15) is 0 Å². The summed E-state index contributed by atoms with van der Waals surface area (Å²) in [5, 5.41) is 0. The van der Waals surface area contributed by atoms with Gasteiger partial charge in [-0.25, -0.2) is 8.78 Å². The lowest BCUT2D eigenvalue weighted by atomic mass is 9.90. The van der Waals surface area contributed by atoms with Gasteiger partial charge in [-0.15, -0.1) is 0 Å². The molecule has 0 spiro atoms. The molecule has 1 atom stereocenters. The second-order valence-electron chi connectivity index (χ2n) is 4.69. The molecule has 0 aliphatic heterocycles. The standard InChI is InChI=1S/C14H13BrF2N2/c1-14(18,13-5-3-11(16)8-19-13)7-9-6-10(15)2-4-12(9)17/h2-6,8H,7,18H2,1H3. The molecule has 0 saturated heterocycles. The van der Waals surface area contributed by atoms with Crippen LogP contribution in [-0.2, 0) is 12.0 Å². The smallest absolute Gasteiger partial charge is 0.141 e. The summed E-state index contributed by atoms with van der Waals surface area (Å²) in [4.78, 5) is 3.96. The third kappa shape index (κ3) is 3.36. The Morgan fingerprint density at radius 3 is 2.63 bits per heavy atom. The van der Waals surface area contributed by atoms with Crippen LogP contribution in [0.25, 0.3) is 0 Å². The van der Waals surface area contributed by atoms with Crippen LogP contribution in [0.1, 0.15) is 18.2 Å². The molecule has 1 unspecified atom stereocenters. The van der Waals surface area contributed by atoms with Crippen molar-refractivity contribution in [3.05, 3.63) is 63.9 Å². The molecule has 2 rings (SSSR count). The molecule has 1 heterocycles. The fourth-order valence-corrected chi connectivity index (χ4v) is 2.29. The summed E-state index contributed by atoms with van der Waals surface area (Å²) < 4.78 is 27.4. The van der Waals surface area contributed by atoms with Crippen molar-refractivity contribution in [1.82, 2.24) is 4.98 Å². The Labute approximate surface area is 118 Å². The zero-order valence-electron chi connectivity index (χ0n) is 10.3. The van der Waals surface area contributed by atoms with E-state index in [1.165, 1.54) is 18.2 Å². The van der Waals surface area contributed by atoms with Crippen molar-refractivity contribution in [2.24, 2.45) is 5.73 Å². The largest absolute Gasteiger partial charge is 0.320 e. The predicted molar refractivity (Wildman–Crippen MR) is 73.5 cm³/mol. The van der Waals surface area contributed by atoms with Gasteiger partial charge in [-0.3, -0.25) is 4.98 Å². The van der Waals surface area contributed by atoms with E-state index >= 15 is 0 Å². The average Bonchev–Trinajstić information content (AvgIpc) is 2.34. The number of aromatic nitrogens is 1. The maximum absolute atomic E-state index is 13.7. The van der Waals surface area contributed by atoms with Crippen LogP contribution in [0.5, 0.6) is 0 Å². The lowest BCUT2D eigenvalue weighted by Crippen LogP contribution is -2.36. The summed E-state index contributed by atoms with van der Waals surface area (Å²) >= 11 is 3.30. The molecule has 100 valence electrons. The number of nitrogens with two attached hydrogens (primary N) is 1. The van der Waals surface area contributed by atoms with Crippen LogP contribution in [0.2, 0.25) is 0 Å². The third-order valence-corrected chi connectivity index (χ3v) is 3.37. The molecule has 19 heavy (non-hydrogen) atoms. The van der Waals surface area contributed by atoms with Crippen molar-refractivity contribution in [3.8, 4) is 0 Å². The minimum atomic E-state index is -0.866. The molecule has 0 aliphatic rings. The Balaban J connectivity index is 2.30. The zero-order valence-corrected chi connectivity index (χ0v) is 11.9. The van der Waals surface area contributed by atoms with Gasteiger partial charge in [0.2, 0.25) is 0 Å². The molecule has 0 aliphatic carbocycles. The first kappa shape index (κ1) is 14.1. The van der Waals surface area contributed by atoms with Gasteiger partial charge in [0, 0.05) is 4.47 Å². The van der Waals surface area contributed by atoms with Gasteiger partial charge in [0.25, 0.3) is 0 Å². The summed E-state index contributed by atoms with van der Waals surface area (Å²) in [5.74, 6) is -0.741. The number of benzene rings is 1. The second kappa shape index (κ2) is 5.35. The highest BCUT2D eigenvalue weighted by Gasteiger charge is 2.24. The van der Waals surface area contributed by atoms with Crippen LogP contribution in [0.15, 0.2) is 41.0 Å². The van der Waals surface area contributed by atoms with Gasteiger partial charge in [0.15, 0.2) is 0 Å². The van der Waals surface area contributed by atoms with Crippen molar-refractivity contribution < 1.29 is 8.78 Å². The SMILES string of the molecule is CC(N)(Cc1cc(Br)ccc1F)c1ccc(F)cn1. The minimum absolute atomic E-state index is 0.275. The molecule has 1 aromatic heterocycles. The topological polar surface area (TPSA) is 38.9 Å². The van der Waals surface area contributed by atoms with Gasteiger partial charge in [0.05, 0.1) is 17.4 Å². The van der Waals surface area contributed by atoms with Gasteiger partial charge >= 0.3 is 0 Å². The monoisotopic (exact) mass is 326 g/mol. The van der Waals surface area contributed by atoms with E-state index in [0.717, 1.165) is 10.7 Å². The molecule has 2 nitrogen and oxygen atoms in total. The Kier molecular flexibility index (Phi) is 3.96. The number of hydrogen-bond acceptors (Lipinski definition) is 2. The van der Waals surface area contributed by atoms with E-state index in [2.05, 4.69) is 20.9 Å². The maximum atomic E-state index is 13.7. The fourth-order valence-electron chi connectivity index (χ4n) is 1.88. The molecule has 0 bridgehead atoms. The van der Waals surface area contributed by atoms with E-state index in [9.17, 15) is 8.78 Å². The van der Waals surface area contributed by atoms with Crippen LogP contribution in [0, 0.1) is 11.6 Å². The molecule has 0 fully saturated rings. The van der Waals surface area contributed by atoms with Gasteiger partial charge < -0.3 is 5.73 Å². The van der Waals surface area contributed by atoms with E-state index in [1.54, 1.807) is 19.1 Å². The van der Waals surface area contributed by atoms with Gasteiger partial charge in [0.1, 0.15) is 11.6 Å². The molecule has 0 radical (unpaired) electrons. The summed E-state index contributed by atoms with van der Waals surface area (Å²) in [6, 6.07) is 7.51. The highest BCUT2D eigenvalue weighted by Crippen LogP contribution is 2.24. The van der Waals surface area contributed by atoms with Crippen LogP contribution in [0.3, 0.4) is 0 Å². The van der Waals surface area contributed by atoms with Crippen molar-refractivity contribution in [2.45, 2.75) is 18.9 Å². The van der Waals surface area contributed by atoms with Crippen molar-refractivity contribution in [3.63, 3.8) is 0 Å². The molecular weight excluding hydrogens is 314 g/mol. The normalized spacial score (nSPS) is 14.2. The molecule has 2 aromatic rings. The van der Waals surface area contributed by atoms with Gasteiger partial charge in [-0.1, -0.05) is 15.9 Å². The van der Waals surface area contributed by atoms with Crippen LogP contribution in [-0.4, -0.2) is 4.98 Å². The summed E-state index contributed by atoms with van der Waals surface area (Å²) in [6.45, 7) is 1.74. The van der Waals surface area contributed by atoms with E-state index in [-0.39, 0.29) is 12.2 Å². The van der Waals surface area contributed by atoms with Crippen molar-refractivity contribution >= 4 is 15.9 Å². The fraction of sp³-hybridized carbons (Fsp3) is 0.214. The first-order valence-electron chi connectivity index (χ1n) is 5.73. The van der Waals surface area contributed by atoms with Crippen LogP contribution < -0.4 is 5.73 Å². The number of pyridine rings is 1. The van der Waals surface area contributed by atoms with Crippen molar-refractivity contribution in [2.75, 3.05) is 0 Å². The Hall–Kier alpha value is -1.33. The van der Waals surface area contributed by atoms with Crippen LogP contribution >= 0.6 is 15.9 Å². The number of nitrogens with zero attached hydrogens (tertiary/aromatic N) is 1. The Bertz CT molecular complexity index is 582. The molecule has 1 aromatic carbocycles. The number of hydrogen-bond donors (Lipinski definition) is 1. The summed E-state index contributed by atoms with van der Waals surface area (Å²) in [7, 11) is 0. The lowest BCUT2D eigenvalue weighted by Gasteiger charge is -2.24. The number of rotatable bonds is 3. The molecule has 5 heteroatoms. The first-order chi connectivity index (χ1) is 8.88. The predicted octanol–water partition coefficient (Wildman–Crippen LogP) is 3.54. The van der Waals surface area contributed by atoms with E-state index in [4.69, 9.17) is 5.73 Å². The Morgan fingerprint density at radius 2 is 2.00 bits per heavy atom. The zero-order chi connectivity index (χ0) is 14.0. The van der Waals surface area contributed by atoms with E-state index < -0.39 is 11.4 Å². The summed E-state index contributed by atoms with van der Waals surface area (Å²) in [6.07, 6.45) is 1.38. The Morgan fingerprint density at radius 1 is 1.26 bits per heavy atom. The quantitative estimate of drug-likeness (QED) is 0.936. The third-order valence-electron chi connectivity index (χ3n) is 2.88. The lowest BCUT2D eigenvalue weighted by molar-refractivity contribution is 0.459. The molecule has 2 N–H and O–H groups in total. The van der Waals surface area contributed by atoms with Gasteiger partial charge in [-0.05, 0) is 49.2 Å². The van der Waals surface area contributed by atoms with E-state index in [0.29, 0.717) is 11.3 Å². The highest BCUT2D eigenvalue weighted by atomic mass is 79.9. The first-order valence-corrected chi connectivity index (χ1v) is 6.52. The van der Waals surface area contributed by atoms with Crippen LogP contribution in [0.4, 0.5) is 8.78 Å². The van der Waals surface area contributed by atoms with Crippen molar-refractivity contribution in [1.29, 1.82) is 0 Å². The number of halogens is 3. The maximum Gasteiger partial charge on any atom is 0.141 e. The minimum Gasteiger partial charge on any atom is -0.320 e. The second-order valence-corrected chi connectivity index (χ2v) is 5.61. The highest BCUT2D eigenvalue weighted by molar-refractivity contribution is 9.10.